The number of rotatable bonds is 4. The molecule has 2 aliphatic rings. The summed E-state index contributed by atoms with van der Waals surface area (Å²) in [5, 5.41) is 0. The smallest absolute Gasteiger partial charge is 0.0350 e. The lowest BCUT2D eigenvalue weighted by molar-refractivity contribution is 0.0328. The normalized spacial score (nSPS) is 37.5. The van der Waals surface area contributed by atoms with Crippen LogP contribution in [0.25, 0.3) is 0 Å². The molecule has 2 rings (SSSR count). The van der Waals surface area contributed by atoms with E-state index in [1.165, 1.54) is 51.6 Å². The maximum absolute atomic E-state index is 6.33. The van der Waals surface area contributed by atoms with Crippen molar-refractivity contribution in [1.82, 2.24) is 9.80 Å². The molecular weight excluding hydrogens is 246 g/mol. The van der Waals surface area contributed by atoms with Gasteiger partial charge in [-0.1, -0.05) is 6.92 Å². The van der Waals surface area contributed by atoms with E-state index in [0.717, 1.165) is 12.6 Å². The highest BCUT2D eigenvalue weighted by molar-refractivity contribution is 5.02. The molecule has 2 fully saturated rings. The van der Waals surface area contributed by atoms with E-state index in [2.05, 4.69) is 37.5 Å². The van der Waals surface area contributed by atoms with Crippen molar-refractivity contribution in [2.45, 2.75) is 89.9 Å². The van der Waals surface area contributed by atoms with Crippen LogP contribution in [-0.4, -0.2) is 53.1 Å². The number of hydrogen-bond acceptors (Lipinski definition) is 3. The first-order valence-corrected chi connectivity index (χ1v) is 8.76. The zero-order valence-electron chi connectivity index (χ0n) is 14.1. The Morgan fingerprint density at radius 3 is 2.55 bits per heavy atom. The molecule has 2 N–H and O–H groups in total. The highest BCUT2D eigenvalue weighted by atomic mass is 15.3. The summed E-state index contributed by atoms with van der Waals surface area (Å²) in [6.45, 7) is 12.7. The third kappa shape index (κ3) is 3.05. The third-order valence-corrected chi connectivity index (χ3v) is 5.87. The number of nitrogens with zero attached hydrogens (tertiary/aromatic N) is 2. The van der Waals surface area contributed by atoms with Crippen molar-refractivity contribution in [3.8, 4) is 0 Å². The average molecular weight is 281 g/mol. The zero-order chi connectivity index (χ0) is 14.8. The van der Waals surface area contributed by atoms with Crippen molar-refractivity contribution < 1.29 is 0 Å². The summed E-state index contributed by atoms with van der Waals surface area (Å²) in [7, 11) is 0. The second kappa shape index (κ2) is 6.76. The van der Waals surface area contributed by atoms with Crippen LogP contribution >= 0.6 is 0 Å². The molecule has 2 saturated heterocycles. The maximum atomic E-state index is 6.33. The fraction of sp³-hybridized carbons (Fsp3) is 1.00. The molecule has 0 aromatic carbocycles. The van der Waals surface area contributed by atoms with Gasteiger partial charge in [0, 0.05) is 36.8 Å². The Balaban J connectivity index is 2.16. The molecular formula is C17H35N3. The molecule has 118 valence electrons. The largest absolute Gasteiger partial charge is 0.329 e. The van der Waals surface area contributed by atoms with Gasteiger partial charge in [0.1, 0.15) is 0 Å². The Kier molecular flexibility index (Phi) is 5.49. The predicted octanol–water partition coefficient (Wildman–Crippen LogP) is 2.84. The van der Waals surface area contributed by atoms with Crippen molar-refractivity contribution >= 4 is 0 Å². The Labute approximate surface area is 125 Å². The first kappa shape index (κ1) is 16.3. The topological polar surface area (TPSA) is 32.5 Å². The molecule has 0 radical (unpaired) electrons. The van der Waals surface area contributed by atoms with E-state index in [1.807, 2.05) is 0 Å². The standard InChI is InChI=1S/C17H35N3/c1-5-16-8-7-15(4)20(16)17(13-18)9-6-11-19(12-10-17)14(2)3/h14-16H,5-13,18H2,1-4H3. The third-order valence-electron chi connectivity index (χ3n) is 5.87. The molecule has 3 atom stereocenters. The minimum Gasteiger partial charge on any atom is -0.329 e. The molecule has 0 aromatic rings. The molecule has 0 aromatic heterocycles. The van der Waals surface area contributed by atoms with E-state index in [-0.39, 0.29) is 5.54 Å². The van der Waals surface area contributed by atoms with Gasteiger partial charge in [-0.05, 0) is 65.8 Å². The number of nitrogens with two attached hydrogens (primary N) is 1. The lowest BCUT2D eigenvalue weighted by Crippen LogP contribution is -2.58. The summed E-state index contributed by atoms with van der Waals surface area (Å²) in [6.07, 6.45) is 7.84. The van der Waals surface area contributed by atoms with Gasteiger partial charge in [0.25, 0.3) is 0 Å². The summed E-state index contributed by atoms with van der Waals surface area (Å²) in [5.74, 6) is 0. The molecule has 20 heavy (non-hydrogen) atoms. The molecule has 0 spiro atoms. The minimum absolute atomic E-state index is 0.264. The average Bonchev–Trinajstić information content (AvgIpc) is 2.69. The Bertz CT molecular complexity index is 305. The van der Waals surface area contributed by atoms with Crippen LogP contribution in [-0.2, 0) is 0 Å². The van der Waals surface area contributed by atoms with Crippen LogP contribution in [0.1, 0.15) is 66.2 Å². The van der Waals surface area contributed by atoms with E-state index in [9.17, 15) is 0 Å². The second-order valence-electron chi connectivity index (χ2n) is 7.31. The lowest BCUT2D eigenvalue weighted by Gasteiger charge is -2.47. The molecule has 3 nitrogen and oxygen atoms in total. The van der Waals surface area contributed by atoms with Gasteiger partial charge >= 0.3 is 0 Å². The summed E-state index contributed by atoms with van der Waals surface area (Å²) in [4.78, 5) is 5.47. The highest BCUT2D eigenvalue weighted by Crippen LogP contribution is 2.39. The van der Waals surface area contributed by atoms with E-state index in [0.29, 0.717) is 12.1 Å². The second-order valence-corrected chi connectivity index (χ2v) is 7.31. The van der Waals surface area contributed by atoms with Crippen LogP contribution in [0.3, 0.4) is 0 Å². The van der Waals surface area contributed by atoms with Crippen LogP contribution in [0, 0.1) is 0 Å². The highest BCUT2D eigenvalue weighted by Gasteiger charge is 2.45. The number of likely N-dealkylation sites (tertiary alicyclic amines) is 2. The lowest BCUT2D eigenvalue weighted by atomic mass is 9.86. The van der Waals surface area contributed by atoms with E-state index < -0.39 is 0 Å². The van der Waals surface area contributed by atoms with Gasteiger partial charge in [0.2, 0.25) is 0 Å². The molecule has 0 saturated carbocycles. The Morgan fingerprint density at radius 2 is 1.95 bits per heavy atom. The van der Waals surface area contributed by atoms with Gasteiger partial charge < -0.3 is 10.6 Å². The molecule has 3 heteroatoms. The van der Waals surface area contributed by atoms with Crippen molar-refractivity contribution in [2.24, 2.45) is 5.73 Å². The molecule has 3 unspecified atom stereocenters. The zero-order valence-corrected chi connectivity index (χ0v) is 14.1. The SMILES string of the molecule is CCC1CCC(C)N1C1(CN)CCCN(C(C)C)CC1. The van der Waals surface area contributed by atoms with E-state index in [4.69, 9.17) is 5.73 Å². The molecule has 0 bridgehead atoms. The number of hydrogen-bond donors (Lipinski definition) is 1. The summed E-state index contributed by atoms with van der Waals surface area (Å²) >= 11 is 0. The maximum Gasteiger partial charge on any atom is 0.0350 e. The van der Waals surface area contributed by atoms with Gasteiger partial charge in [-0.15, -0.1) is 0 Å². The van der Waals surface area contributed by atoms with Gasteiger partial charge in [0.05, 0.1) is 0 Å². The van der Waals surface area contributed by atoms with E-state index in [1.54, 1.807) is 0 Å². The van der Waals surface area contributed by atoms with Gasteiger partial charge in [-0.2, -0.15) is 0 Å². The van der Waals surface area contributed by atoms with Crippen molar-refractivity contribution in [1.29, 1.82) is 0 Å². The van der Waals surface area contributed by atoms with Gasteiger partial charge in [0.15, 0.2) is 0 Å². The van der Waals surface area contributed by atoms with Crippen LogP contribution < -0.4 is 5.73 Å². The Hall–Kier alpha value is -0.120. The van der Waals surface area contributed by atoms with Gasteiger partial charge in [-0.25, -0.2) is 0 Å². The summed E-state index contributed by atoms with van der Waals surface area (Å²) in [6, 6.07) is 2.15. The fourth-order valence-electron chi connectivity index (χ4n) is 4.61. The van der Waals surface area contributed by atoms with Crippen molar-refractivity contribution in [3.05, 3.63) is 0 Å². The molecule has 0 amide bonds. The van der Waals surface area contributed by atoms with E-state index >= 15 is 0 Å². The minimum atomic E-state index is 0.264. The summed E-state index contributed by atoms with van der Waals surface area (Å²) < 4.78 is 0. The monoisotopic (exact) mass is 281 g/mol. The van der Waals surface area contributed by atoms with Crippen LogP contribution in [0.15, 0.2) is 0 Å². The summed E-state index contributed by atoms with van der Waals surface area (Å²) in [5.41, 5.74) is 6.59. The quantitative estimate of drug-likeness (QED) is 0.860. The molecule has 2 aliphatic heterocycles. The molecule has 2 heterocycles. The predicted molar refractivity (Wildman–Crippen MR) is 87.0 cm³/mol. The van der Waals surface area contributed by atoms with Crippen LogP contribution in [0.2, 0.25) is 0 Å². The van der Waals surface area contributed by atoms with Gasteiger partial charge in [-0.3, -0.25) is 4.90 Å². The Morgan fingerprint density at radius 1 is 1.20 bits per heavy atom. The first-order valence-electron chi connectivity index (χ1n) is 8.76. The van der Waals surface area contributed by atoms with Crippen molar-refractivity contribution in [2.75, 3.05) is 19.6 Å². The first-order chi connectivity index (χ1) is 9.54. The van der Waals surface area contributed by atoms with Crippen molar-refractivity contribution in [3.63, 3.8) is 0 Å². The molecule has 0 aliphatic carbocycles. The van der Waals surface area contributed by atoms with Crippen LogP contribution in [0.4, 0.5) is 0 Å². The fourth-order valence-corrected chi connectivity index (χ4v) is 4.61. The van der Waals surface area contributed by atoms with Crippen LogP contribution in [0.5, 0.6) is 0 Å².